The van der Waals surface area contributed by atoms with Gasteiger partial charge in [-0.05, 0) is 0 Å². The summed E-state index contributed by atoms with van der Waals surface area (Å²) in [6.07, 6.45) is 12.6. The van der Waals surface area contributed by atoms with Gasteiger partial charge in [-0.1, -0.05) is 0 Å². The fourth-order valence-corrected chi connectivity index (χ4v) is 9.45. The summed E-state index contributed by atoms with van der Waals surface area (Å²) in [5.74, 6) is 0. The molecule has 0 saturated carbocycles. The Morgan fingerprint density at radius 3 is 1.38 bits per heavy atom. The molecule has 0 aromatic carbocycles. The standard InChI is InChI=1S/2C9H13.2ClH.Hf/c2*1-3-8-6-5-7-9(8)4-2;;;/h2*5H,3-4,6H2,1-2H3;2*1H;/q;;;;+2/p-2. The molecule has 2 aliphatic rings. The molecule has 0 unspecified atom stereocenters. The van der Waals surface area contributed by atoms with Gasteiger partial charge in [0.2, 0.25) is 0 Å². The number of allylic oxidation sites excluding steroid dienone is 8. The fraction of sp³-hybridized carbons (Fsp3) is 0.556. The quantitative estimate of drug-likeness (QED) is 0.455. The van der Waals surface area contributed by atoms with Crippen molar-refractivity contribution in [3.05, 3.63) is 41.1 Å². The van der Waals surface area contributed by atoms with E-state index in [0.717, 1.165) is 0 Å². The van der Waals surface area contributed by atoms with Gasteiger partial charge in [0.05, 0.1) is 0 Å². The van der Waals surface area contributed by atoms with Crippen molar-refractivity contribution in [1.29, 1.82) is 0 Å². The molecule has 0 aromatic heterocycles. The maximum absolute atomic E-state index is 2.57. The number of hydrogen-bond donors (Lipinski definition) is 0. The molecule has 3 heteroatoms. The van der Waals surface area contributed by atoms with Crippen LogP contribution in [0.1, 0.15) is 66.2 Å². The average Bonchev–Trinajstić information content (AvgIpc) is 3.01. The summed E-state index contributed by atoms with van der Waals surface area (Å²) in [5, 5.41) is 0. The molecule has 0 radical (unpaired) electrons. The van der Waals surface area contributed by atoms with Crippen LogP contribution < -0.4 is 24.8 Å². The van der Waals surface area contributed by atoms with Crippen LogP contribution in [0.2, 0.25) is 0 Å². The minimum atomic E-state index is -0.792. The van der Waals surface area contributed by atoms with E-state index in [0.29, 0.717) is 0 Å². The Morgan fingerprint density at radius 1 is 0.714 bits per heavy atom. The van der Waals surface area contributed by atoms with Crippen LogP contribution in [0.3, 0.4) is 0 Å². The molecule has 0 bridgehead atoms. The zero-order chi connectivity index (χ0) is 13.8. The predicted molar refractivity (Wildman–Crippen MR) is 80.6 cm³/mol. The van der Waals surface area contributed by atoms with E-state index in [2.05, 4.69) is 39.8 Å². The van der Waals surface area contributed by atoms with Crippen molar-refractivity contribution >= 4 is 0 Å². The first-order valence-electron chi connectivity index (χ1n) is 7.84. The summed E-state index contributed by atoms with van der Waals surface area (Å²) in [6, 6.07) is 0. The van der Waals surface area contributed by atoms with E-state index in [9.17, 15) is 0 Å². The number of halogens is 2. The Labute approximate surface area is 154 Å². The van der Waals surface area contributed by atoms with Gasteiger partial charge in [-0.25, -0.2) is 0 Å². The minimum absolute atomic E-state index is 0. The molecule has 0 amide bonds. The molecule has 0 saturated heterocycles. The first kappa shape index (κ1) is 21.4. The van der Waals surface area contributed by atoms with Crippen LogP contribution in [0.15, 0.2) is 41.1 Å². The number of hydrogen-bond acceptors (Lipinski definition) is 0. The first-order chi connectivity index (χ1) is 9.24. The van der Waals surface area contributed by atoms with Crippen LogP contribution in [0.25, 0.3) is 0 Å². The topological polar surface area (TPSA) is 0 Å². The maximum Gasteiger partial charge on any atom is -1.00 e. The van der Waals surface area contributed by atoms with Crippen LogP contribution in [0.5, 0.6) is 0 Å². The van der Waals surface area contributed by atoms with Gasteiger partial charge in [0, 0.05) is 0 Å². The molecule has 2 aliphatic carbocycles. The van der Waals surface area contributed by atoms with Crippen molar-refractivity contribution in [3.63, 3.8) is 0 Å². The Bertz CT molecular complexity index is 437. The van der Waals surface area contributed by atoms with Crippen LogP contribution in [-0.2, 0) is 22.9 Å². The maximum atomic E-state index is 2.57. The first-order valence-corrected chi connectivity index (χ1v) is 11.4. The Morgan fingerprint density at radius 2 is 1.10 bits per heavy atom. The normalized spacial score (nSPS) is 17.1. The molecular weight excluding hydrogens is 466 g/mol. The molecule has 116 valence electrons. The molecule has 0 aliphatic heterocycles. The Balaban J connectivity index is 0.00000200. The van der Waals surface area contributed by atoms with Crippen molar-refractivity contribution in [2.45, 2.75) is 66.2 Å². The molecule has 2 rings (SSSR count). The van der Waals surface area contributed by atoms with Crippen LogP contribution in [0, 0.1) is 0 Å². The van der Waals surface area contributed by atoms with Gasteiger partial charge in [0.15, 0.2) is 0 Å². The molecule has 0 aromatic rings. The smallest absolute Gasteiger partial charge is 1.00 e. The third kappa shape index (κ3) is 4.69. The largest absolute Gasteiger partial charge is 1.00 e. The molecule has 0 spiro atoms. The summed E-state index contributed by atoms with van der Waals surface area (Å²) in [7, 11) is 0. The number of rotatable bonds is 6. The van der Waals surface area contributed by atoms with E-state index in [-0.39, 0.29) is 24.8 Å². The molecule has 0 nitrogen and oxygen atoms in total. The summed E-state index contributed by atoms with van der Waals surface area (Å²) < 4.78 is 3.63. The van der Waals surface area contributed by atoms with E-state index in [1.165, 1.54) is 38.5 Å². The third-order valence-electron chi connectivity index (χ3n) is 4.44. The van der Waals surface area contributed by atoms with Gasteiger partial charge >= 0.3 is 130 Å². The van der Waals surface area contributed by atoms with Crippen LogP contribution in [-0.4, -0.2) is 0 Å². The Hall–Kier alpha value is 0.410. The van der Waals surface area contributed by atoms with Gasteiger partial charge in [0.25, 0.3) is 0 Å². The molecule has 0 atom stereocenters. The van der Waals surface area contributed by atoms with Crippen molar-refractivity contribution in [1.82, 2.24) is 0 Å². The van der Waals surface area contributed by atoms with Crippen molar-refractivity contribution < 1.29 is 47.7 Å². The second kappa shape index (κ2) is 10.2. The Kier molecular flexibility index (Phi) is 10.4. The summed E-state index contributed by atoms with van der Waals surface area (Å²) in [4.78, 5) is 0. The predicted octanol–water partition coefficient (Wildman–Crippen LogP) is -0.115. The molecule has 0 N–H and O–H groups in total. The van der Waals surface area contributed by atoms with E-state index in [1.54, 1.807) is 22.3 Å². The molecule has 0 fully saturated rings. The zero-order valence-corrected chi connectivity index (χ0v) is 18.8. The van der Waals surface area contributed by atoms with E-state index >= 15 is 0 Å². The monoisotopic (exact) mass is 492 g/mol. The van der Waals surface area contributed by atoms with Crippen LogP contribution in [0.4, 0.5) is 0 Å². The van der Waals surface area contributed by atoms with Gasteiger partial charge < -0.3 is 24.8 Å². The van der Waals surface area contributed by atoms with E-state index in [1.807, 2.05) is 6.66 Å². The van der Waals surface area contributed by atoms with Crippen LogP contribution >= 0.6 is 0 Å². The SMILES string of the molecule is CCC1=C(CC)[C]([Hf+2][C]2=CCC(CC)=C2CC)=CC1.[Cl-].[Cl-]. The van der Waals surface area contributed by atoms with E-state index in [4.69, 9.17) is 0 Å². The van der Waals surface area contributed by atoms with Gasteiger partial charge in [-0.15, -0.1) is 0 Å². The van der Waals surface area contributed by atoms with Crippen molar-refractivity contribution in [2.24, 2.45) is 0 Å². The third-order valence-corrected chi connectivity index (χ3v) is 10.0. The summed E-state index contributed by atoms with van der Waals surface area (Å²) in [6.45, 7) is 9.31. The second-order valence-electron chi connectivity index (χ2n) is 5.35. The van der Waals surface area contributed by atoms with Crippen molar-refractivity contribution in [2.75, 3.05) is 0 Å². The second-order valence-corrected chi connectivity index (χ2v) is 10.1. The minimum Gasteiger partial charge on any atom is -1.00 e. The zero-order valence-electron chi connectivity index (χ0n) is 13.7. The van der Waals surface area contributed by atoms with E-state index < -0.39 is 22.9 Å². The van der Waals surface area contributed by atoms with Gasteiger partial charge in [0.1, 0.15) is 0 Å². The molecule has 0 heterocycles. The van der Waals surface area contributed by atoms with Gasteiger partial charge in [-0.2, -0.15) is 0 Å². The average molecular weight is 492 g/mol. The summed E-state index contributed by atoms with van der Waals surface area (Å²) >= 11 is -0.792. The van der Waals surface area contributed by atoms with Gasteiger partial charge in [-0.3, -0.25) is 0 Å². The molecule has 21 heavy (non-hydrogen) atoms. The fourth-order valence-electron chi connectivity index (χ4n) is 3.32. The summed E-state index contributed by atoms with van der Waals surface area (Å²) in [5.41, 5.74) is 6.93. The molecular formula is C18H26Cl2Hf. The van der Waals surface area contributed by atoms with Crippen molar-refractivity contribution in [3.8, 4) is 0 Å².